The molecule has 0 saturated heterocycles. The minimum atomic E-state index is 0.991. The number of aromatic amines is 1. The fourth-order valence-electron chi connectivity index (χ4n) is 0.949. The van der Waals surface area contributed by atoms with Crippen LogP contribution in [0.3, 0.4) is 0 Å². The molecule has 11 heavy (non-hydrogen) atoms. The number of aromatic nitrogens is 2. The second kappa shape index (κ2) is 2.75. The molecule has 1 N–H and O–H groups in total. The van der Waals surface area contributed by atoms with Crippen molar-refractivity contribution in [2.45, 2.75) is 0 Å². The molecule has 0 unspecified atom stereocenters. The number of hydrogen-bond donors (Lipinski definition) is 1. The maximum Gasteiger partial charge on any atom is 0.102 e. The highest BCUT2D eigenvalue weighted by Gasteiger charge is 2.00. The van der Waals surface area contributed by atoms with Crippen LogP contribution in [0.1, 0.15) is 0 Å². The molecule has 0 aliphatic carbocycles. The molecule has 0 atom stereocenters. The van der Waals surface area contributed by atoms with Crippen LogP contribution in [0.15, 0.2) is 22.9 Å². The Bertz CT molecular complexity index is 396. The quantitative estimate of drug-likeness (QED) is 0.742. The van der Waals surface area contributed by atoms with Crippen molar-refractivity contribution in [1.82, 2.24) is 9.97 Å². The molecule has 0 fully saturated rings. The Labute approximate surface area is 85.7 Å². The summed E-state index contributed by atoms with van der Waals surface area (Å²) in [7, 11) is 0. The van der Waals surface area contributed by atoms with Crippen LogP contribution in [-0.4, -0.2) is 9.97 Å². The van der Waals surface area contributed by atoms with Gasteiger partial charge in [0.15, 0.2) is 0 Å². The second-order valence-electron chi connectivity index (χ2n) is 2.19. The molecule has 56 valence electrons. The highest BCUT2D eigenvalue weighted by Crippen LogP contribution is 2.21. The zero-order valence-corrected chi connectivity index (χ0v) is 9.18. The predicted molar refractivity (Wildman–Crippen MR) is 56.5 cm³/mol. The van der Waals surface area contributed by atoms with E-state index in [1.165, 1.54) is 0 Å². The zero-order valence-electron chi connectivity index (χ0n) is 5.44. The van der Waals surface area contributed by atoms with Crippen LogP contribution in [0.4, 0.5) is 0 Å². The van der Waals surface area contributed by atoms with Crippen LogP contribution in [-0.2, 0) is 0 Å². The van der Waals surface area contributed by atoms with E-state index < -0.39 is 0 Å². The fraction of sp³-hybridized carbons (Fsp3) is 0. The Morgan fingerprint density at radius 1 is 1.55 bits per heavy atom. The van der Waals surface area contributed by atoms with E-state index in [1.54, 1.807) is 0 Å². The lowest BCUT2D eigenvalue weighted by Crippen LogP contribution is -1.76. The number of pyridine rings is 1. The molecule has 2 aromatic heterocycles. The number of rotatable bonds is 0. The Morgan fingerprint density at radius 2 is 2.36 bits per heavy atom. The van der Waals surface area contributed by atoms with E-state index >= 15 is 0 Å². The first kappa shape index (κ1) is 7.54. The second-order valence-corrected chi connectivity index (χ2v) is 4.29. The van der Waals surface area contributed by atoms with Crippen molar-refractivity contribution in [3.05, 3.63) is 26.5 Å². The van der Waals surface area contributed by atoms with E-state index in [9.17, 15) is 0 Å². The third-order valence-electron chi connectivity index (χ3n) is 1.43. The third kappa shape index (κ3) is 1.29. The number of halogens is 2. The number of nitrogens with one attached hydrogen (secondary N) is 1. The lowest BCUT2D eigenvalue weighted by atomic mass is 10.4. The molecule has 0 radical (unpaired) electrons. The maximum atomic E-state index is 4.25. The van der Waals surface area contributed by atoms with Gasteiger partial charge in [0.25, 0.3) is 0 Å². The van der Waals surface area contributed by atoms with E-state index in [2.05, 4.69) is 54.6 Å². The molecule has 0 amide bonds. The van der Waals surface area contributed by atoms with E-state index in [0.29, 0.717) is 0 Å². The number of fused-ring (bicyclic) bond motifs is 1. The van der Waals surface area contributed by atoms with Crippen molar-refractivity contribution in [1.29, 1.82) is 0 Å². The highest BCUT2D eigenvalue weighted by atomic mass is 127. The van der Waals surface area contributed by atoms with Crippen LogP contribution in [0.25, 0.3) is 11.0 Å². The molecule has 2 rings (SSSR count). The van der Waals surface area contributed by atoms with E-state index in [4.69, 9.17) is 0 Å². The molecule has 0 aromatic carbocycles. The molecule has 4 heteroatoms. The van der Waals surface area contributed by atoms with Crippen LogP contribution >= 0.6 is 38.5 Å². The van der Waals surface area contributed by atoms with Crippen LogP contribution in [0, 0.1) is 3.57 Å². The normalized spacial score (nSPS) is 10.7. The van der Waals surface area contributed by atoms with Crippen molar-refractivity contribution in [3.8, 4) is 0 Å². The Morgan fingerprint density at radius 3 is 3.18 bits per heavy atom. The summed E-state index contributed by atoms with van der Waals surface area (Å²) in [5, 5.41) is 0. The van der Waals surface area contributed by atoms with Gasteiger partial charge in [0, 0.05) is 16.0 Å². The summed E-state index contributed by atoms with van der Waals surface area (Å²) in [6, 6.07) is 2.06. The summed E-state index contributed by atoms with van der Waals surface area (Å²) in [6.07, 6.45) is 3.75. The minimum absolute atomic E-state index is 0.991. The standard InChI is InChI=1S/C7H4BrIN2/c8-5-3-10-6-1-4(9)2-11-7(5)6/h1-3,10H. The highest BCUT2D eigenvalue weighted by molar-refractivity contribution is 14.1. The average Bonchev–Trinajstić information content (AvgIpc) is 2.32. The monoisotopic (exact) mass is 322 g/mol. The van der Waals surface area contributed by atoms with Crippen molar-refractivity contribution in [2.24, 2.45) is 0 Å². The summed E-state index contributed by atoms with van der Waals surface area (Å²) in [5.41, 5.74) is 2.06. The van der Waals surface area contributed by atoms with Gasteiger partial charge in [-0.2, -0.15) is 0 Å². The molecule has 0 aliphatic rings. The SMILES string of the molecule is Brc1c[nH]c2cc(I)cnc12. The van der Waals surface area contributed by atoms with Gasteiger partial charge in [0.2, 0.25) is 0 Å². The smallest absolute Gasteiger partial charge is 0.102 e. The summed E-state index contributed by atoms with van der Waals surface area (Å²) >= 11 is 5.63. The van der Waals surface area contributed by atoms with Crippen LogP contribution < -0.4 is 0 Å². The van der Waals surface area contributed by atoms with Gasteiger partial charge in [-0.3, -0.25) is 4.98 Å². The minimum Gasteiger partial charge on any atom is -0.359 e. The summed E-state index contributed by atoms with van der Waals surface area (Å²) < 4.78 is 2.16. The van der Waals surface area contributed by atoms with E-state index in [-0.39, 0.29) is 0 Å². The molecule has 0 spiro atoms. The molecular weight excluding hydrogens is 319 g/mol. The van der Waals surface area contributed by atoms with Crippen LogP contribution in [0.5, 0.6) is 0 Å². The topological polar surface area (TPSA) is 28.7 Å². The first-order valence-corrected chi connectivity index (χ1v) is 4.92. The van der Waals surface area contributed by atoms with Gasteiger partial charge in [-0.05, 0) is 44.6 Å². The van der Waals surface area contributed by atoms with Gasteiger partial charge in [-0.1, -0.05) is 0 Å². The average molecular weight is 323 g/mol. The van der Waals surface area contributed by atoms with Gasteiger partial charge in [0.05, 0.1) is 9.99 Å². The fourth-order valence-corrected chi connectivity index (χ4v) is 1.83. The zero-order chi connectivity index (χ0) is 7.84. The first-order valence-electron chi connectivity index (χ1n) is 3.05. The first-order chi connectivity index (χ1) is 5.27. The maximum absolute atomic E-state index is 4.25. The number of nitrogens with zero attached hydrogens (tertiary/aromatic N) is 1. The van der Waals surface area contributed by atoms with Crippen molar-refractivity contribution in [3.63, 3.8) is 0 Å². The molecule has 0 saturated carbocycles. The van der Waals surface area contributed by atoms with Crippen molar-refractivity contribution in [2.75, 3.05) is 0 Å². The molecule has 2 heterocycles. The lowest BCUT2D eigenvalue weighted by molar-refractivity contribution is 1.38. The number of hydrogen-bond acceptors (Lipinski definition) is 1. The van der Waals surface area contributed by atoms with Gasteiger partial charge in [0.1, 0.15) is 5.52 Å². The largest absolute Gasteiger partial charge is 0.359 e. The molecule has 0 bridgehead atoms. The molecule has 2 nitrogen and oxygen atoms in total. The Hall–Kier alpha value is -0.100. The van der Waals surface area contributed by atoms with E-state index in [0.717, 1.165) is 19.1 Å². The lowest BCUT2D eigenvalue weighted by Gasteiger charge is -1.89. The summed E-state index contributed by atoms with van der Waals surface area (Å²) in [5.74, 6) is 0. The van der Waals surface area contributed by atoms with Gasteiger partial charge < -0.3 is 4.98 Å². The van der Waals surface area contributed by atoms with Crippen molar-refractivity contribution < 1.29 is 0 Å². The number of H-pyrrole nitrogens is 1. The molecular formula is C7H4BrIN2. The van der Waals surface area contributed by atoms with Gasteiger partial charge in [-0.25, -0.2) is 0 Å². The Balaban J connectivity index is 2.86. The van der Waals surface area contributed by atoms with Gasteiger partial charge >= 0.3 is 0 Å². The third-order valence-corrected chi connectivity index (χ3v) is 2.63. The molecule has 0 aliphatic heterocycles. The van der Waals surface area contributed by atoms with Crippen molar-refractivity contribution >= 4 is 49.6 Å². The van der Waals surface area contributed by atoms with Crippen LogP contribution in [0.2, 0.25) is 0 Å². The van der Waals surface area contributed by atoms with Gasteiger partial charge in [-0.15, -0.1) is 0 Å². The summed E-state index contributed by atoms with van der Waals surface area (Å²) in [4.78, 5) is 7.37. The predicted octanol–water partition coefficient (Wildman–Crippen LogP) is 2.93. The summed E-state index contributed by atoms with van der Waals surface area (Å²) in [6.45, 7) is 0. The Kier molecular flexibility index (Phi) is 1.88. The van der Waals surface area contributed by atoms with E-state index in [1.807, 2.05) is 12.4 Å². The molecule has 2 aromatic rings.